The first-order valence-electron chi connectivity index (χ1n) is 6.06. The summed E-state index contributed by atoms with van der Waals surface area (Å²) in [6, 6.07) is 6.67. The summed E-state index contributed by atoms with van der Waals surface area (Å²) in [5, 5.41) is 10.5. The Morgan fingerprint density at radius 3 is 1.81 bits per heavy atom. The van der Waals surface area contributed by atoms with Crippen molar-refractivity contribution in [1.82, 2.24) is 5.32 Å². The molecular weight excluding hydrogens is 310 g/mol. The summed E-state index contributed by atoms with van der Waals surface area (Å²) in [6.07, 6.45) is 0. The van der Waals surface area contributed by atoms with Gasteiger partial charge in [0.25, 0.3) is 0 Å². The number of nitrogens with one attached hydrogen (secondary N) is 1. The Morgan fingerprint density at radius 1 is 1.10 bits per heavy atom. The summed E-state index contributed by atoms with van der Waals surface area (Å²) in [6.45, 7) is 1.78. The lowest BCUT2D eigenvalue weighted by molar-refractivity contribution is -0.119. The number of fused-ring (bicyclic) bond motifs is 1. The van der Waals surface area contributed by atoms with Gasteiger partial charge in [-0.05, 0) is 0 Å². The third-order valence-electron chi connectivity index (χ3n) is 2.56. The molecule has 0 aromatic heterocycles. The van der Waals surface area contributed by atoms with Gasteiger partial charge in [-0.1, -0.05) is 24.3 Å². The molecule has 0 saturated carbocycles. The van der Waals surface area contributed by atoms with E-state index in [1.807, 2.05) is 0 Å². The number of thiol groups is 2. The molecule has 0 atom stereocenters. The second kappa shape index (κ2) is 8.02. The van der Waals surface area contributed by atoms with Gasteiger partial charge in [-0.3, -0.25) is 14.4 Å². The van der Waals surface area contributed by atoms with Crippen LogP contribution in [-0.2, 0) is 4.79 Å². The number of aliphatic hydroxyl groups is 1. The summed E-state index contributed by atoms with van der Waals surface area (Å²) >= 11 is 7.94. The molecule has 0 aliphatic heterocycles. The third-order valence-corrected chi connectivity index (χ3v) is 3.59. The third kappa shape index (κ3) is 4.45. The van der Waals surface area contributed by atoms with Crippen molar-refractivity contribution in [2.24, 2.45) is 0 Å². The minimum Gasteiger partial charge on any atom is -0.395 e. The first-order valence-corrected chi connectivity index (χ1v) is 6.95. The van der Waals surface area contributed by atoms with Crippen LogP contribution in [0, 0.1) is 0 Å². The van der Waals surface area contributed by atoms with Crippen LogP contribution >= 0.6 is 25.3 Å². The molecule has 1 aromatic carbocycles. The van der Waals surface area contributed by atoms with Gasteiger partial charge < -0.3 is 10.4 Å². The number of hydrogen-bond donors (Lipinski definition) is 4. The lowest BCUT2D eigenvalue weighted by atomic mass is 9.94. The molecule has 1 amide bonds. The Balaban J connectivity index is 0.000000270. The average Bonchev–Trinajstić information content (AvgIpc) is 2.49. The second-order valence-electron chi connectivity index (χ2n) is 4.11. The average molecular weight is 325 g/mol. The molecule has 0 fully saturated rings. The number of carbonyl (C=O) groups is 3. The topological polar surface area (TPSA) is 83.5 Å². The maximum atomic E-state index is 11.6. The van der Waals surface area contributed by atoms with Crippen molar-refractivity contribution in [3.63, 3.8) is 0 Å². The first kappa shape index (κ1) is 17.5. The molecule has 1 aliphatic rings. The molecule has 0 bridgehead atoms. The number of amides is 1. The largest absolute Gasteiger partial charge is 0.395 e. The van der Waals surface area contributed by atoms with Gasteiger partial charge in [-0.15, -0.1) is 25.3 Å². The summed E-state index contributed by atoms with van der Waals surface area (Å²) in [7, 11) is 0. The molecule has 7 heteroatoms. The number of hydrogen-bond acceptors (Lipinski definition) is 6. The van der Waals surface area contributed by atoms with E-state index in [2.05, 4.69) is 30.6 Å². The molecule has 0 heterocycles. The Labute approximate surface area is 133 Å². The normalized spacial score (nSPS) is 13.3. The molecule has 1 aromatic rings. The zero-order chi connectivity index (χ0) is 16.0. The molecule has 0 unspecified atom stereocenters. The van der Waals surface area contributed by atoms with Crippen LogP contribution in [0.4, 0.5) is 0 Å². The minimum atomic E-state index is -0.242. The second-order valence-corrected chi connectivity index (χ2v) is 5.00. The van der Waals surface area contributed by atoms with Crippen LogP contribution in [0.15, 0.2) is 34.1 Å². The summed E-state index contributed by atoms with van der Waals surface area (Å²) < 4.78 is 0. The number of rotatable bonds is 2. The lowest BCUT2D eigenvalue weighted by Crippen LogP contribution is -2.22. The van der Waals surface area contributed by atoms with E-state index in [0.29, 0.717) is 17.7 Å². The molecule has 1 aliphatic carbocycles. The molecule has 0 radical (unpaired) electrons. The quantitative estimate of drug-likeness (QED) is 0.617. The van der Waals surface area contributed by atoms with E-state index in [1.165, 1.54) is 6.92 Å². The predicted molar refractivity (Wildman–Crippen MR) is 85.9 cm³/mol. The summed E-state index contributed by atoms with van der Waals surface area (Å²) in [5.74, 6) is -0.587. The Kier molecular flexibility index (Phi) is 6.67. The van der Waals surface area contributed by atoms with Crippen molar-refractivity contribution in [3.8, 4) is 0 Å². The molecule has 2 rings (SSSR count). The van der Waals surface area contributed by atoms with Crippen LogP contribution in [0.3, 0.4) is 0 Å². The van der Waals surface area contributed by atoms with E-state index in [1.54, 1.807) is 24.3 Å². The van der Waals surface area contributed by atoms with Gasteiger partial charge in [0.15, 0.2) is 0 Å². The van der Waals surface area contributed by atoms with Crippen molar-refractivity contribution in [1.29, 1.82) is 0 Å². The van der Waals surface area contributed by atoms with Crippen molar-refractivity contribution in [2.75, 3.05) is 13.2 Å². The number of aliphatic hydroxyl groups excluding tert-OH is 1. The highest BCUT2D eigenvalue weighted by molar-refractivity contribution is 7.90. The zero-order valence-electron chi connectivity index (χ0n) is 11.3. The maximum absolute atomic E-state index is 11.6. The fourth-order valence-electron chi connectivity index (χ4n) is 1.58. The van der Waals surface area contributed by atoms with Crippen LogP contribution in [0.25, 0.3) is 0 Å². The van der Waals surface area contributed by atoms with Gasteiger partial charge in [0.05, 0.1) is 16.4 Å². The van der Waals surface area contributed by atoms with Crippen molar-refractivity contribution in [2.45, 2.75) is 6.92 Å². The molecular formula is C14H15NO4S2. The van der Waals surface area contributed by atoms with Crippen molar-refractivity contribution >= 4 is 42.7 Å². The van der Waals surface area contributed by atoms with Gasteiger partial charge in [-0.25, -0.2) is 0 Å². The Bertz CT molecular complexity index is 568. The van der Waals surface area contributed by atoms with Crippen LogP contribution in [0.2, 0.25) is 0 Å². The number of allylic oxidation sites excluding steroid dienone is 2. The summed E-state index contributed by atoms with van der Waals surface area (Å²) in [4.78, 5) is 33.5. The van der Waals surface area contributed by atoms with E-state index in [0.717, 1.165) is 0 Å². The number of Topliss-reactive ketones (excluding diaryl/α,β-unsaturated/α-hetero) is 2. The van der Waals surface area contributed by atoms with E-state index in [9.17, 15) is 14.4 Å². The lowest BCUT2D eigenvalue weighted by Gasteiger charge is -2.14. The molecule has 21 heavy (non-hydrogen) atoms. The number of benzene rings is 1. The fourth-order valence-corrected chi connectivity index (χ4v) is 2.03. The Hall–Kier alpha value is -1.57. The van der Waals surface area contributed by atoms with Gasteiger partial charge in [0.1, 0.15) is 0 Å². The van der Waals surface area contributed by atoms with Gasteiger partial charge in [0, 0.05) is 24.6 Å². The highest BCUT2D eigenvalue weighted by Gasteiger charge is 2.28. The highest BCUT2D eigenvalue weighted by Crippen LogP contribution is 2.29. The van der Waals surface area contributed by atoms with Crippen LogP contribution in [0.1, 0.15) is 27.6 Å². The molecule has 0 spiro atoms. The number of carbonyl (C=O) groups excluding carboxylic acids is 3. The molecule has 5 nitrogen and oxygen atoms in total. The highest BCUT2D eigenvalue weighted by atomic mass is 32.1. The van der Waals surface area contributed by atoms with Crippen molar-refractivity contribution in [3.05, 3.63) is 45.2 Å². The standard InChI is InChI=1S/C10H6O2S2.C4H9NO2/c11-7-5-3-1-2-4-6(5)8(12)10(14)9(7)13;1-4(7)5-2-3-6/h1-4,13-14H;6H,2-3H2,1H3,(H,5,7). The summed E-state index contributed by atoms with van der Waals surface area (Å²) in [5.41, 5.74) is 0.806. The van der Waals surface area contributed by atoms with Crippen LogP contribution < -0.4 is 5.32 Å². The number of ketones is 2. The predicted octanol–water partition coefficient (Wildman–Crippen LogP) is 1.25. The maximum Gasteiger partial charge on any atom is 0.216 e. The van der Waals surface area contributed by atoms with Crippen LogP contribution in [-0.4, -0.2) is 35.7 Å². The van der Waals surface area contributed by atoms with E-state index in [-0.39, 0.29) is 33.9 Å². The molecule has 0 saturated heterocycles. The molecule has 112 valence electrons. The SMILES string of the molecule is CC(=O)NCCO.O=C1C(S)=C(S)C(=O)c2ccccc21. The Morgan fingerprint density at radius 2 is 1.52 bits per heavy atom. The van der Waals surface area contributed by atoms with E-state index < -0.39 is 0 Å². The van der Waals surface area contributed by atoms with E-state index >= 15 is 0 Å². The first-order chi connectivity index (χ1) is 9.90. The zero-order valence-corrected chi connectivity index (χ0v) is 13.1. The monoisotopic (exact) mass is 325 g/mol. The fraction of sp³-hybridized carbons (Fsp3) is 0.214. The van der Waals surface area contributed by atoms with Gasteiger partial charge in [-0.2, -0.15) is 0 Å². The van der Waals surface area contributed by atoms with E-state index in [4.69, 9.17) is 5.11 Å². The van der Waals surface area contributed by atoms with Gasteiger partial charge in [0.2, 0.25) is 17.5 Å². The smallest absolute Gasteiger partial charge is 0.216 e. The molecule has 2 N–H and O–H groups in total. The van der Waals surface area contributed by atoms with Crippen molar-refractivity contribution < 1.29 is 19.5 Å². The van der Waals surface area contributed by atoms with Gasteiger partial charge >= 0.3 is 0 Å². The van der Waals surface area contributed by atoms with Crippen LogP contribution in [0.5, 0.6) is 0 Å². The minimum absolute atomic E-state index is 0.0135.